The minimum absolute atomic E-state index is 0.0310. The largest absolute Gasteiger partial charge is 0.333 e. The van der Waals surface area contributed by atoms with Crippen LogP contribution in [0.15, 0.2) is 60.8 Å². The van der Waals surface area contributed by atoms with Crippen molar-refractivity contribution < 1.29 is 14.0 Å². The monoisotopic (exact) mass is 460 g/mol. The van der Waals surface area contributed by atoms with Gasteiger partial charge in [0.25, 0.3) is 11.8 Å². The molecule has 1 aliphatic rings. The minimum Gasteiger partial charge on any atom is -0.333 e. The van der Waals surface area contributed by atoms with Crippen LogP contribution >= 0.6 is 0 Å². The number of carbonyl (C=O) groups is 2. The van der Waals surface area contributed by atoms with Gasteiger partial charge in [-0.05, 0) is 68.3 Å². The van der Waals surface area contributed by atoms with Crippen LogP contribution in [0.1, 0.15) is 44.5 Å². The Hall–Kier alpha value is -3.58. The molecule has 0 bridgehead atoms. The number of hydrogen-bond donors (Lipinski definition) is 1. The highest BCUT2D eigenvalue weighted by molar-refractivity contribution is 6.04. The first kappa shape index (κ1) is 23.6. The van der Waals surface area contributed by atoms with E-state index in [4.69, 9.17) is 0 Å². The number of carbonyl (C=O) groups excluding carboxylic acids is 2. The molecule has 4 rings (SSSR count). The van der Waals surface area contributed by atoms with Crippen molar-refractivity contribution in [2.75, 3.05) is 25.0 Å². The molecular formula is C27H29FN4O2. The lowest BCUT2D eigenvalue weighted by Crippen LogP contribution is -2.53. The Labute approximate surface area is 199 Å². The molecule has 6 nitrogen and oxygen atoms in total. The van der Waals surface area contributed by atoms with Crippen LogP contribution in [-0.4, -0.2) is 52.3 Å². The maximum atomic E-state index is 14.5. The molecule has 2 aromatic carbocycles. The lowest BCUT2D eigenvalue weighted by molar-refractivity contribution is 0.0475. The fourth-order valence-electron chi connectivity index (χ4n) is 4.29. The van der Waals surface area contributed by atoms with Gasteiger partial charge in [0, 0.05) is 55.4 Å². The van der Waals surface area contributed by atoms with E-state index in [1.807, 2.05) is 56.0 Å². The second-order valence-corrected chi connectivity index (χ2v) is 8.83. The molecule has 1 aliphatic heterocycles. The van der Waals surface area contributed by atoms with Gasteiger partial charge in [0.05, 0.1) is 5.56 Å². The van der Waals surface area contributed by atoms with E-state index in [2.05, 4.69) is 15.2 Å². The van der Waals surface area contributed by atoms with Gasteiger partial charge in [-0.1, -0.05) is 18.2 Å². The molecule has 1 fully saturated rings. The van der Waals surface area contributed by atoms with Gasteiger partial charge in [0.2, 0.25) is 0 Å². The maximum Gasteiger partial charge on any atom is 0.257 e. The van der Waals surface area contributed by atoms with Gasteiger partial charge in [0.15, 0.2) is 0 Å². The molecule has 1 saturated heterocycles. The quantitative estimate of drug-likeness (QED) is 0.612. The number of anilines is 1. The van der Waals surface area contributed by atoms with E-state index in [-0.39, 0.29) is 17.9 Å². The molecule has 7 heteroatoms. The topological polar surface area (TPSA) is 65.5 Å². The number of aromatic nitrogens is 1. The zero-order chi connectivity index (χ0) is 24.2. The van der Waals surface area contributed by atoms with Crippen molar-refractivity contribution in [2.24, 2.45) is 0 Å². The van der Waals surface area contributed by atoms with Gasteiger partial charge in [-0.2, -0.15) is 0 Å². The molecular weight excluding hydrogens is 431 g/mol. The molecule has 2 amide bonds. The standard InChI is InChI=1S/C27H29FN4O2/c1-18-9-10-22(15-29-18)26(33)30-25-14-24(28)13-23(20(25)3)17-31-11-12-32(19(2)16-31)27(34)21-7-5-4-6-8-21/h4-10,13-15,19H,11-12,16-17H2,1-3H3,(H,30,33)/t19-/m0/s1. The van der Waals surface area contributed by atoms with Gasteiger partial charge >= 0.3 is 0 Å². The Morgan fingerprint density at radius 3 is 2.50 bits per heavy atom. The number of hydrogen-bond acceptors (Lipinski definition) is 4. The minimum atomic E-state index is -0.399. The zero-order valence-electron chi connectivity index (χ0n) is 19.7. The number of nitrogens with one attached hydrogen (secondary N) is 1. The van der Waals surface area contributed by atoms with Gasteiger partial charge in [-0.25, -0.2) is 4.39 Å². The zero-order valence-corrected chi connectivity index (χ0v) is 19.7. The number of pyridine rings is 1. The molecule has 3 aromatic rings. The lowest BCUT2D eigenvalue weighted by Gasteiger charge is -2.40. The van der Waals surface area contributed by atoms with Crippen LogP contribution in [0.25, 0.3) is 0 Å². The number of nitrogens with zero attached hydrogens (tertiary/aromatic N) is 3. The smallest absolute Gasteiger partial charge is 0.257 e. The molecule has 1 aromatic heterocycles. The molecule has 1 atom stereocenters. The number of rotatable bonds is 5. The van der Waals surface area contributed by atoms with E-state index in [0.29, 0.717) is 43.0 Å². The third-order valence-corrected chi connectivity index (χ3v) is 6.29. The van der Waals surface area contributed by atoms with Gasteiger partial charge in [-0.15, -0.1) is 0 Å². The Morgan fingerprint density at radius 1 is 1.06 bits per heavy atom. The van der Waals surface area contributed by atoms with Crippen LogP contribution in [0.2, 0.25) is 0 Å². The van der Waals surface area contributed by atoms with Gasteiger partial charge < -0.3 is 10.2 Å². The first-order chi connectivity index (χ1) is 16.3. The number of halogens is 1. The number of aryl methyl sites for hydroxylation is 1. The Kier molecular flexibility index (Phi) is 7.03. The van der Waals surface area contributed by atoms with Crippen LogP contribution in [0.4, 0.5) is 10.1 Å². The van der Waals surface area contributed by atoms with E-state index < -0.39 is 5.82 Å². The van der Waals surface area contributed by atoms with Crippen molar-refractivity contribution >= 4 is 17.5 Å². The molecule has 0 spiro atoms. The molecule has 34 heavy (non-hydrogen) atoms. The van der Waals surface area contributed by atoms with Crippen LogP contribution < -0.4 is 5.32 Å². The summed E-state index contributed by atoms with van der Waals surface area (Å²) in [5, 5.41) is 2.82. The molecule has 0 aliphatic carbocycles. The summed E-state index contributed by atoms with van der Waals surface area (Å²) >= 11 is 0. The van der Waals surface area contributed by atoms with Crippen molar-refractivity contribution in [2.45, 2.75) is 33.4 Å². The normalized spacial score (nSPS) is 16.4. The molecule has 0 radical (unpaired) electrons. The summed E-state index contributed by atoms with van der Waals surface area (Å²) in [5.74, 6) is -0.692. The van der Waals surface area contributed by atoms with Crippen molar-refractivity contribution in [3.63, 3.8) is 0 Å². The first-order valence-electron chi connectivity index (χ1n) is 11.4. The third kappa shape index (κ3) is 5.31. The third-order valence-electron chi connectivity index (χ3n) is 6.29. The Bertz CT molecular complexity index is 1180. The van der Waals surface area contributed by atoms with Crippen LogP contribution in [0.3, 0.4) is 0 Å². The second kappa shape index (κ2) is 10.1. The molecule has 0 unspecified atom stereocenters. The van der Waals surface area contributed by atoms with E-state index >= 15 is 0 Å². The van der Waals surface area contributed by atoms with E-state index in [0.717, 1.165) is 16.8 Å². The summed E-state index contributed by atoms with van der Waals surface area (Å²) in [6, 6.07) is 15.7. The summed E-state index contributed by atoms with van der Waals surface area (Å²) in [6.07, 6.45) is 1.51. The van der Waals surface area contributed by atoms with Crippen LogP contribution in [0, 0.1) is 19.7 Å². The van der Waals surface area contributed by atoms with Crippen LogP contribution in [0.5, 0.6) is 0 Å². The average Bonchev–Trinajstić information content (AvgIpc) is 2.82. The predicted molar refractivity (Wildman–Crippen MR) is 130 cm³/mol. The predicted octanol–water partition coefficient (Wildman–Crippen LogP) is 4.44. The Morgan fingerprint density at radius 2 is 1.82 bits per heavy atom. The maximum absolute atomic E-state index is 14.5. The molecule has 1 N–H and O–H groups in total. The number of piperazine rings is 1. The highest BCUT2D eigenvalue weighted by Gasteiger charge is 2.28. The summed E-state index contributed by atoms with van der Waals surface area (Å²) < 4.78 is 14.5. The summed E-state index contributed by atoms with van der Waals surface area (Å²) in [4.78, 5) is 33.8. The van der Waals surface area contributed by atoms with Gasteiger partial charge in [0.1, 0.15) is 5.82 Å². The van der Waals surface area contributed by atoms with E-state index in [1.165, 1.54) is 18.3 Å². The fraction of sp³-hybridized carbons (Fsp3) is 0.296. The molecule has 0 saturated carbocycles. The molecule has 2 heterocycles. The Balaban J connectivity index is 1.44. The SMILES string of the molecule is Cc1ccc(C(=O)Nc2cc(F)cc(CN3CCN(C(=O)c4ccccc4)[C@@H](C)C3)c2C)cn1. The number of benzene rings is 2. The first-order valence-corrected chi connectivity index (χ1v) is 11.4. The van der Waals surface area contributed by atoms with E-state index in [9.17, 15) is 14.0 Å². The number of amides is 2. The van der Waals surface area contributed by atoms with Crippen molar-refractivity contribution in [3.05, 3.63) is 94.6 Å². The van der Waals surface area contributed by atoms with Crippen molar-refractivity contribution in [1.82, 2.24) is 14.8 Å². The highest BCUT2D eigenvalue weighted by atomic mass is 19.1. The summed E-state index contributed by atoms with van der Waals surface area (Å²) in [7, 11) is 0. The summed E-state index contributed by atoms with van der Waals surface area (Å²) in [5.41, 5.74) is 4.02. The highest BCUT2D eigenvalue weighted by Crippen LogP contribution is 2.25. The van der Waals surface area contributed by atoms with Gasteiger partial charge in [-0.3, -0.25) is 19.5 Å². The van der Waals surface area contributed by atoms with Crippen LogP contribution in [-0.2, 0) is 6.54 Å². The molecule has 176 valence electrons. The van der Waals surface area contributed by atoms with Crippen molar-refractivity contribution in [3.8, 4) is 0 Å². The second-order valence-electron chi connectivity index (χ2n) is 8.83. The van der Waals surface area contributed by atoms with E-state index in [1.54, 1.807) is 12.1 Å². The average molecular weight is 461 g/mol. The fourth-order valence-corrected chi connectivity index (χ4v) is 4.29. The lowest BCUT2D eigenvalue weighted by atomic mass is 10.0. The summed E-state index contributed by atoms with van der Waals surface area (Å²) in [6.45, 7) is 8.29. The van der Waals surface area contributed by atoms with Crippen molar-refractivity contribution in [1.29, 1.82) is 0 Å².